The number of nitrogens with one attached hydrogen (secondary N) is 1. The molecule has 0 bridgehead atoms. The number of carbonyl (C=O) groups is 2. The van der Waals surface area contributed by atoms with E-state index < -0.39 is 28.5 Å². The first-order valence-electron chi connectivity index (χ1n) is 8.27. The molecule has 27 heavy (non-hydrogen) atoms. The van der Waals surface area contributed by atoms with Gasteiger partial charge in [0.05, 0.1) is 23.5 Å². The molecule has 0 aliphatic heterocycles. The summed E-state index contributed by atoms with van der Waals surface area (Å²) in [7, 11) is 0. The largest absolute Gasteiger partial charge is 0.463 e. The van der Waals surface area contributed by atoms with Crippen LogP contribution in [-0.2, 0) is 9.53 Å². The van der Waals surface area contributed by atoms with Gasteiger partial charge in [0.1, 0.15) is 5.56 Å². The smallest absolute Gasteiger partial charge is 0.308 e. The van der Waals surface area contributed by atoms with Gasteiger partial charge in [-0.15, -0.1) is 0 Å². The number of ether oxygens (including phenoxy) is 1. The number of nitro groups is 1. The fraction of sp³-hybridized carbons (Fsp3) is 0.263. The van der Waals surface area contributed by atoms with E-state index >= 15 is 0 Å². The van der Waals surface area contributed by atoms with E-state index in [0.717, 1.165) is 6.07 Å². The SMILES string of the molecule is CC(C)OC(=O)CC(NC(=O)c1ccc(Cl)cc1[N+](=O)[O-])c1ccccc1. The van der Waals surface area contributed by atoms with E-state index in [1.807, 2.05) is 0 Å². The number of hydrogen-bond acceptors (Lipinski definition) is 5. The Bertz CT molecular complexity index is 839. The quantitative estimate of drug-likeness (QED) is 0.436. The second-order valence-corrected chi connectivity index (χ2v) is 6.53. The lowest BCUT2D eigenvalue weighted by Crippen LogP contribution is -2.31. The van der Waals surface area contributed by atoms with E-state index in [1.54, 1.807) is 44.2 Å². The Kier molecular flexibility index (Phi) is 6.90. The van der Waals surface area contributed by atoms with Crippen LogP contribution in [0.3, 0.4) is 0 Å². The molecule has 1 amide bonds. The summed E-state index contributed by atoms with van der Waals surface area (Å²) in [5, 5.41) is 14.1. The average Bonchev–Trinajstić information content (AvgIpc) is 2.61. The predicted molar refractivity (Wildman–Crippen MR) is 101 cm³/mol. The number of rotatable bonds is 7. The number of benzene rings is 2. The number of carbonyl (C=O) groups excluding carboxylic acids is 2. The normalized spacial score (nSPS) is 11.7. The summed E-state index contributed by atoms with van der Waals surface area (Å²) in [6.45, 7) is 3.45. The van der Waals surface area contributed by atoms with Gasteiger partial charge < -0.3 is 10.1 Å². The molecule has 1 unspecified atom stereocenters. The van der Waals surface area contributed by atoms with Gasteiger partial charge in [0.15, 0.2) is 0 Å². The molecule has 0 aromatic heterocycles. The Morgan fingerprint density at radius 1 is 1.19 bits per heavy atom. The van der Waals surface area contributed by atoms with Crippen LogP contribution in [0.25, 0.3) is 0 Å². The standard InChI is InChI=1S/C19H19ClN2O5/c1-12(2)27-18(23)11-16(13-6-4-3-5-7-13)21-19(24)15-9-8-14(20)10-17(15)22(25)26/h3-10,12,16H,11H2,1-2H3,(H,21,24). The van der Waals surface area contributed by atoms with Crippen LogP contribution < -0.4 is 5.32 Å². The molecule has 8 heteroatoms. The van der Waals surface area contributed by atoms with Crippen molar-refractivity contribution in [1.29, 1.82) is 0 Å². The van der Waals surface area contributed by atoms with Crippen LogP contribution in [-0.4, -0.2) is 22.9 Å². The molecule has 142 valence electrons. The molecule has 1 atom stereocenters. The Morgan fingerprint density at radius 2 is 1.85 bits per heavy atom. The van der Waals surface area contributed by atoms with Crippen LogP contribution in [0.15, 0.2) is 48.5 Å². The number of hydrogen-bond donors (Lipinski definition) is 1. The predicted octanol–water partition coefficient (Wildman–Crippen LogP) is 4.06. The van der Waals surface area contributed by atoms with Crippen molar-refractivity contribution < 1.29 is 19.2 Å². The number of nitrogens with zero attached hydrogens (tertiary/aromatic N) is 1. The number of halogens is 1. The summed E-state index contributed by atoms with van der Waals surface area (Å²) < 4.78 is 5.15. The topological polar surface area (TPSA) is 98.5 Å². The highest BCUT2D eigenvalue weighted by molar-refractivity contribution is 6.31. The van der Waals surface area contributed by atoms with Crippen molar-refractivity contribution in [3.8, 4) is 0 Å². The van der Waals surface area contributed by atoms with Crippen LogP contribution in [0.2, 0.25) is 5.02 Å². The number of nitro benzene ring substituents is 1. The maximum Gasteiger partial charge on any atom is 0.308 e. The van der Waals surface area contributed by atoms with Gasteiger partial charge >= 0.3 is 5.97 Å². The van der Waals surface area contributed by atoms with Gasteiger partial charge in [-0.05, 0) is 31.5 Å². The molecule has 0 spiro atoms. The molecule has 0 heterocycles. The van der Waals surface area contributed by atoms with Gasteiger partial charge in [-0.3, -0.25) is 19.7 Å². The summed E-state index contributed by atoms with van der Waals surface area (Å²) in [5.74, 6) is -1.16. The zero-order chi connectivity index (χ0) is 20.0. The molecular formula is C19H19ClN2O5. The van der Waals surface area contributed by atoms with Crippen molar-refractivity contribution in [2.75, 3.05) is 0 Å². The fourth-order valence-electron chi connectivity index (χ4n) is 2.50. The van der Waals surface area contributed by atoms with Gasteiger partial charge in [-0.25, -0.2) is 0 Å². The Morgan fingerprint density at radius 3 is 2.44 bits per heavy atom. The highest BCUT2D eigenvalue weighted by atomic mass is 35.5. The third-order valence-corrected chi connectivity index (χ3v) is 3.88. The Hall–Kier alpha value is -2.93. The van der Waals surface area contributed by atoms with E-state index in [9.17, 15) is 19.7 Å². The summed E-state index contributed by atoms with van der Waals surface area (Å²) >= 11 is 5.79. The molecule has 0 saturated carbocycles. The monoisotopic (exact) mass is 390 g/mol. The molecule has 0 aliphatic carbocycles. The van der Waals surface area contributed by atoms with Gasteiger partial charge in [0.2, 0.25) is 0 Å². The summed E-state index contributed by atoms with van der Waals surface area (Å²) in [5.41, 5.74) is 0.141. The van der Waals surface area contributed by atoms with Crippen molar-refractivity contribution in [2.45, 2.75) is 32.4 Å². The lowest BCUT2D eigenvalue weighted by atomic mass is 10.0. The molecule has 0 radical (unpaired) electrons. The van der Waals surface area contributed by atoms with Crippen molar-refractivity contribution in [3.63, 3.8) is 0 Å². The first-order valence-corrected chi connectivity index (χ1v) is 8.65. The van der Waals surface area contributed by atoms with Crippen LogP contribution in [0, 0.1) is 10.1 Å². The van der Waals surface area contributed by atoms with Gasteiger partial charge in [0.25, 0.3) is 11.6 Å². The molecule has 7 nitrogen and oxygen atoms in total. The minimum Gasteiger partial charge on any atom is -0.463 e. The number of esters is 1. The third-order valence-electron chi connectivity index (χ3n) is 3.65. The lowest BCUT2D eigenvalue weighted by molar-refractivity contribution is -0.385. The summed E-state index contributed by atoms with van der Waals surface area (Å²) in [4.78, 5) is 35.3. The molecule has 1 N–H and O–H groups in total. The van der Waals surface area contributed by atoms with Gasteiger partial charge in [0, 0.05) is 11.1 Å². The maximum absolute atomic E-state index is 12.7. The molecule has 0 aliphatic rings. The maximum atomic E-state index is 12.7. The van der Waals surface area contributed by atoms with Crippen LogP contribution in [0.5, 0.6) is 0 Å². The van der Waals surface area contributed by atoms with Crippen molar-refractivity contribution in [3.05, 3.63) is 74.8 Å². The molecule has 2 rings (SSSR count). The van der Waals surface area contributed by atoms with Crippen molar-refractivity contribution in [1.82, 2.24) is 5.32 Å². The minimum atomic E-state index is -0.694. The zero-order valence-corrected chi connectivity index (χ0v) is 15.6. The van der Waals surface area contributed by atoms with Crippen LogP contribution in [0.1, 0.15) is 42.2 Å². The average molecular weight is 391 g/mol. The fourth-order valence-corrected chi connectivity index (χ4v) is 2.67. The second kappa shape index (κ2) is 9.14. The van der Waals surface area contributed by atoms with E-state index in [2.05, 4.69) is 5.32 Å². The summed E-state index contributed by atoms with van der Waals surface area (Å²) in [6, 6.07) is 12.0. The van der Waals surface area contributed by atoms with Gasteiger partial charge in [-0.1, -0.05) is 41.9 Å². The highest BCUT2D eigenvalue weighted by Crippen LogP contribution is 2.25. The zero-order valence-electron chi connectivity index (χ0n) is 14.8. The van der Waals surface area contributed by atoms with E-state index in [0.29, 0.717) is 5.56 Å². The van der Waals surface area contributed by atoms with Crippen LogP contribution in [0.4, 0.5) is 5.69 Å². The molecule has 0 fully saturated rings. The first-order chi connectivity index (χ1) is 12.8. The van der Waals surface area contributed by atoms with E-state index in [-0.39, 0.29) is 23.1 Å². The lowest BCUT2D eigenvalue weighted by Gasteiger charge is -2.19. The minimum absolute atomic E-state index is 0.102. The van der Waals surface area contributed by atoms with Crippen molar-refractivity contribution >= 4 is 29.2 Å². The van der Waals surface area contributed by atoms with Crippen molar-refractivity contribution in [2.24, 2.45) is 0 Å². The third kappa shape index (κ3) is 5.79. The highest BCUT2D eigenvalue weighted by Gasteiger charge is 2.25. The first kappa shape index (κ1) is 20.4. The molecule has 0 saturated heterocycles. The van der Waals surface area contributed by atoms with Gasteiger partial charge in [-0.2, -0.15) is 0 Å². The molecule has 2 aromatic rings. The van der Waals surface area contributed by atoms with E-state index in [4.69, 9.17) is 16.3 Å². The Labute approximate surface area is 161 Å². The molecular weight excluding hydrogens is 372 g/mol. The van der Waals surface area contributed by atoms with E-state index in [1.165, 1.54) is 12.1 Å². The summed E-state index contributed by atoms with van der Waals surface area (Å²) in [6.07, 6.45) is -0.392. The second-order valence-electron chi connectivity index (χ2n) is 6.10. The van der Waals surface area contributed by atoms with Crippen LogP contribution >= 0.6 is 11.6 Å². The number of amides is 1. The Balaban J connectivity index is 2.28. The molecule has 2 aromatic carbocycles.